The first-order valence-corrected chi connectivity index (χ1v) is 8.43. The molecule has 7 heteroatoms. The van der Waals surface area contributed by atoms with Crippen LogP contribution in [0.4, 0.5) is 13.2 Å². The molecule has 0 unspecified atom stereocenters. The summed E-state index contributed by atoms with van der Waals surface area (Å²) in [7, 11) is 0. The Morgan fingerprint density at radius 2 is 1.88 bits per heavy atom. The molecule has 1 aromatic carbocycles. The van der Waals surface area contributed by atoms with Gasteiger partial charge in [0.2, 0.25) is 0 Å². The van der Waals surface area contributed by atoms with Crippen LogP contribution in [0.25, 0.3) is 0 Å². The van der Waals surface area contributed by atoms with Crippen molar-refractivity contribution in [1.82, 2.24) is 9.80 Å². The van der Waals surface area contributed by atoms with Gasteiger partial charge in [-0.05, 0) is 31.9 Å². The molecule has 0 aliphatic carbocycles. The van der Waals surface area contributed by atoms with Crippen molar-refractivity contribution >= 4 is 5.91 Å². The third kappa shape index (κ3) is 3.98. The monoisotopic (exact) mass is 356 g/mol. The van der Waals surface area contributed by atoms with Crippen molar-refractivity contribution in [3.63, 3.8) is 0 Å². The van der Waals surface area contributed by atoms with E-state index in [0.717, 1.165) is 0 Å². The summed E-state index contributed by atoms with van der Waals surface area (Å²) in [5.74, 6) is -1.36. The molecule has 138 valence electrons. The quantitative estimate of drug-likeness (QED) is 0.830. The standard InChI is InChI=1S/C18H23F3N2O2/c1-17(2)9-23(16(24)15(20)21)12-18(25-17)10-22(11-18)8-7-13-5-3-4-6-14(13)19/h3-6,15H,7-12H2,1-2H3. The van der Waals surface area contributed by atoms with Gasteiger partial charge < -0.3 is 9.64 Å². The minimum absolute atomic E-state index is 0.160. The lowest BCUT2D eigenvalue weighted by Crippen LogP contribution is -2.74. The minimum atomic E-state index is -3.00. The topological polar surface area (TPSA) is 32.8 Å². The fourth-order valence-electron chi connectivity index (χ4n) is 3.88. The number of ether oxygens (including phenoxy) is 1. The summed E-state index contributed by atoms with van der Waals surface area (Å²) in [6.45, 7) is 5.72. The van der Waals surface area contributed by atoms with Crippen molar-refractivity contribution in [2.45, 2.75) is 37.9 Å². The van der Waals surface area contributed by atoms with E-state index < -0.39 is 23.5 Å². The molecular weight excluding hydrogens is 333 g/mol. The van der Waals surface area contributed by atoms with Gasteiger partial charge >= 0.3 is 6.43 Å². The highest BCUT2D eigenvalue weighted by molar-refractivity contribution is 5.79. The van der Waals surface area contributed by atoms with Crippen LogP contribution in [0.2, 0.25) is 0 Å². The van der Waals surface area contributed by atoms with Crippen molar-refractivity contribution < 1.29 is 22.7 Å². The summed E-state index contributed by atoms with van der Waals surface area (Å²) in [5.41, 5.74) is -0.620. The Labute approximate surface area is 145 Å². The predicted molar refractivity (Wildman–Crippen MR) is 87.0 cm³/mol. The molecule has 0 N–H and O–H groups in total. The first-order valence-electron chi connectivity index (χ1n) is 8.43. The smallest absolute Gasteiger partial charge is 0.315 e. The van der Waals surface area contributed by atoms with Gasteiger partial charge in [-0.25, -0.2) is 4.39 Å². The molecule has 1 aromatic rings. The van der Waals surface area contributed by atoms with Crippen LogP contribution in [-0.2, 0) is 16.0 Å². The van der Waals surface area contributed by atoms with Crippen LogP contribution in [0, 0.1) is 5.82 Å². The Bertz CT molecular complexity index is 645. The third-order valence-electron chi connectivity index (χ3n) is 4.72. The van der Waals surface area contributed by atoms with Crippen molar-refractivity contribution in [2.75, 3.05) is 32.7 Å². The van der Waals surface area contributed by atoms with Crippen LogP contribution in [-0.4, -0.2) is 66.1 Å². The molecule has 1 spiro atoms. The number of halogens is 3. The van der Waals surface area contributed by atoms with Crippen LogP contribution >= 0.6 is 0 Å². The Balaban J connectivity index is 1.58. The van der Waals surface area contributed by atoms with E-state index in [1.807, 2.05) is 13.8 Å². The number of rotatable bonds is 4. The van der Waals surface area contributed by atoms with Gasteiger partial charge in [-0.2, -0.15) is 8.78 Å². The van der Waals surface area contributed by atoms with E-state index >= 15 is 0 Å². The number of alkyl halides is 2. The number of morpholine rings is 1. The number of amides is 1. The molecule has 3 rings (SSSR count). The number of carbonyl (C=O) groups excluding carboxylic acids is 1. The number of hydrogen-bond acceptors (Lipinski definition) is 3. The molecule has 2 aliphatic heterocycles. The Kier molecular flexibility index (Phi) is 4.81. The van der Waals surface area contributed by atoms with Gasteiger partial charge in [-0.1, -0.05) is 18.2 Å². The molecule has 0 radical (unpaired) electrons. The van der Waals surface area contributed by atoms with E-state index in [1.165, 1.54) is 11.0 Å². The molecule has 2 aliphatic rings. The highest BCUT2D eigenvalue weighted by Crippen LogP contribution is 2.36. The average Bonchev–Trinajstić information content (AvgIpc) is 2.49. The van der Waals surface area contributed by atoms with Gasteiger partial charge in [0.15, 0.2) is 0 Å². The van der Waals surface area contributed by atoms with E-state index in [4.69, 9.17) is 4.74 Å². The normalized spacial score (nSPS) is 22.2. The number of likely N-dealkylation sites (tertiary alicyclic amines) is 1. The van der Waals surface area contributed by atoms with Crippen LogP contribution in [0.3, 0.4) is 0 Å². The van der Waals surface area contributed by atoms with Crippen molar-refractivity contribution in [1.29, 1.82) is 0 Å². The summed E-state index contributed by atoms with van der Waals surface area (Å²) in [6, 6.07) is 6.66. The first-order chi connectivity index (χ1) is 11.7. The molecule has 2 saturated heterocycles. The van der Waals surface area contributed by atoms with E-state index in [0.29, 0.717) is 31.6 Å². The lowest BCUT2D eigenvalue weighted by atomic mass is 9.88. The first kappa shape index (κ1) is 18.2. The van der Waals surface area contributed by atoms with Gasteiger partial charge in [0.05, 0.1) is 12.1 Å². The molecule has 25 heavy (non-hydrogen) atoms. The zero-order chi connectivity index (χ0) is 18.2. The third-order valence-corrected chi connectivity index (χ3v) is 4.72. The molecule has 0 aromatic heterocycles. The number of nitrogens with zero attached hydrogens (tertiary/aromatic N) is 2. The minimum Gasteiger partial charge on any atom is -0.363 e. The maximum absolute atomic E-state index is 13.7. The van der Waals surface area contributed by atoms with Crippen LogP contribution in [0.5, 0.6) is 0 Å². The largest absolute Gasteiger partial charge is 0.363 e. The number of benzene rings is 1. The van der Waals surface area contributed by atoms with Gasteiger partial charge in [0.25, 0.3) is 5.91 Å². The van der Waals surface area contributed by atoms with Crippen molar-refractivity contribution in [3.05, 3.63) is 35.6 Å². The molecule has 2 fully saturated rings. The Morgan fingerprint density at radius 3 is 2.52 bits per heavy atom. The highest BCUT2D eigenvalue weighted by atomic mass is 19.3. The fraction of sp³-hybridized carbons (Fsp3) is 0.611. The van der Waals surface area contributed by atoms with Crippen molar-refractivity contribution in [2.24, 2.45) is 0 Å². The SMILES string of the molecule is CC1(C)CN(C(=O)C(F)F)CC2(CN(CCc3ccccc3F)C2)O1. The van der Waals surface area contributed by atoms with E-state index in [1.54, 1.807) is 18.2 Å². The van der Waals surface area contributed by atoms with Gasteiger partial charge in [-0.15, -0.1) is 0 Å². The molecule has 1 amide bonds. The zero-order valence-corrected chi connectivity index (χ0v) is 14.5. The van der Waals surface area contributed by atoms with Crippen molar-refractivity contribution in [3.8, 4) is 0 Å². The van der Waals surface area contributed by atoms with Gasteiger partial charge in [0.1, 0.15) is 11.4 Å². The van der Waals surface area contributed by atoms with Crippen LogP contribution in [0.15, 0.2) is 24.3 Å². The summed E-state index contributed by atoms with van der Waals surface area (Å²) < 4.78 is 45.3. The van der Waals surface area contributed by atoms with Gasteiger partial charge in [0, 0.05) is 26.2 Å². The van der Waals surface area contributed by atoms with Gasteiger partial charge in [-0.3, -0.25) is 9.69 Å². The summed E-state index contributed by atoms with van der Waals surface area (Å²) in [4.78, 5) is 15.0. The molecular formula is C18H23F3N2O2. The molecule has 0 saturated carbocycles. The van der Waals surface area contributed by atoms with Crippen LogP contribution in [0.1, 0.15) is 19.4 Å². The number of carbonyl (C=O) groups is 1. The second-order valence-electron chi connectivity index (χ2n) is 7.59. The zero-order valence-electron chi connectivity index (χ0n) is 14.5. The second kappa shape index (κ2) is 6.61. The molecule has 0 bridgehead atoms. The maximum Gasteiger partial charge on any atom is 0.315 e. The predicted octanol–water partition coefficient (Wildman–Crippen LogP) is 2.33. The van der Waals surface area contributed by atoms with E-state index in [9.17, 15) is 18.0 Å². The van der Waals surface area contributed by atoms with E-state index in [-0.39, 0.29) is 18.9 Å². The average molecular weight is 356 g/mol. The molecule has 2 heterocycles. The summed E-state index contributed by atoms with van der Waals surface area (Å²) >= 11 is 0. The maximum atomic E-state index is 13.7. The second-order valence-corrected chi connectivity index (χ2v) is 7.59. The summed E-state index contributed by atoms with van der Waals surface area (Å²) in [5, 5.41) is 0. The molecule has 4 nitrogen and oxygen atoms in total. The van der Waals surface area contributed by atoms with E-state index in [2.05, 4.69) is 4.90 Å². The Hall–Kier alpha value is -1.60. The fourth-order valence-corrected chi connectivity index (χ4v) is 3.88. The number of hydrogen-bond donors (Lipinski definition) is 0. The Morgan fingerprint density at radius 1 is 1.20 bits per heavy atom. The highest BCUT2D eigenvalue weighted by Gasteiger charge is 2.53. The van der Waals surface area contributed by atoms with Crippen LogP contribution < -0.4 is 0 Å². The lowest BCUT2D eigenvalue weighted by molar-refractivity contribution is -0.247. The lowest BCUT2D eigenvalue weighted by Gasteiger charge is -2.58. The molecule has 0 atom stereocenters. The summed E-state index contributed by atoms with van der Waals surface area (Å²) in [6.07, 6.45) is -2.42.